The first-order valence-corrected chi connectivity index (χ1v) is 4.53. The fourth-order valence-corrected chi connectivity index (χ4v) is 1.06. The van der Waals surface area contributed by atoms with Crippen LogP contribution < -0.4 is 10.9 Å². The average molecular weight is 197 g/mol. The van der Waals surface area contributed by atoms with Gasteiger partial charge in [-0.25, -0.2) is 4.68 Å². The average Bonchev–Trinajstić information content (AvgIpc) is 2.20. The zero-order chi connectivity index (χ0) is 10.6. The van der Waals surface area contributed by atoms with E-state index in [1.165, 1.54) is 10.7 Å². The molecule has 0 amide bonds. The predicted molar refractivity (Wildman–Crippen MR) is 54.3 cm³/mol. The number of rotatable bonds is 4. The van der Waals surface area contributed by atoms with Crippen molar-refractivity contribution in [3.05, 3.63) is 22.6 Å². The van der Waals surface area contributed by atoms with Crippen LogP contribution in [0.15, 0.2) is 17.1 Å². The van der Waals surface area contributed by atoms with Crippen LogP contribution in [0.2, 0.25) is 0 Å². The smallest absolute Gasteiger partial charge is 0.268 e. The number of aromatic nitrogens is 2. The second kappa shape index (κ2) is 4.76. The third-order valence-corrected chi connectivity index (χ3v) is 1.95. The minimum Gasteiger partial charge on any atom is -0.396 e. The van der Waals surface area contributed by atoms with Crippen molar-refractivity contribution in [2.75, 3.05) is 19.0 Å². The molecule has 1 aromatic rings. The Bertz CT molecular complexity index is 348. The second-order valence-corrected chi connectivity index (χ2v) is 3.30. The zero-order valence-corrected chi connectivity index (χ0v) is 8.40. The SMILES string of the molecule is CNc1cnn(CC(C)CO)c(=O)c1. The normalized spacial score (nSPS) is 12.5. The van der Waals surface area contributed by atoms with Crippen LogP contribution in [0.5, 0.6) is 0 Å². The van der Waals surface area contributed by atoms with E-state index in [4.69, 9.17) is 5.11 Å². The Balaban J connectivity index is 2.84. The molecular formula is C9H15N3O2. The molecule has 0 aliphatic rings. The molecule has 1 heterocycles. The molecule has 0 aliphatic heterocycles. The summed E-state index contributed by atoms with van der Waals surface area (Å²) in [5, 5.41) is 15.6. The van der Waals surface area contributed by atoms with Gasteiger partial charge in [-0.15, -0.1) is 0 Å². The summed E-state index contributed by atoms with van der Waals surface area (Å²) >= 11 is 0. The van der Waals surface area contributed by atoms with Crippen LogP contribution in [0.4, 0.5) is 5.69 Å². The van der Waals surface area contributed by atoms with Crippen molar-refractivity contribution in [2.24, 2.45) is 5.92 Å². The molecule has 1 unspecified atom stereocenters. The van der Waals surface area contributed by atoms with E-state index < -0.39 is 0 Å². The Morgan fingerprint density at radius 2 is 2.43 bits per heavy atom. The largest absolute Gasteiger partial charge is 0.396 e. The van der Waals surface area contributed by atoms with E-state index in [1.807, 2.05) is 6.92 Å². The number of nitrogens with one attached hydrogen (secondary N) is 1. The minimum atomic E-state index is -0.155. The van der Waals surface area contributed by atoms with Crippen molar-refractivity contribution < 1.29 is 5.11 Å². The number of hydrogen-bond acceptors (Lipinski definition) is 4. The highest BCUT2D eigenvalue weighted by Crippen LogP contribution is 1.99. The summed E-state index contributed by atoms with van der Waals surface area (Å²) in [7, 11) is 1.73. The Morgan fingerprint density at radius 1 is 1.71 bits per heavy atom. The Morgan fingerprint density at radius 3 is 2.93 bits per heavy atom. The monoisotopic (exact) mass is 197 g/mol. The van der Waals surface area contributed by atoms with Gasteiger partial charge in [-0.2, -0.15) is 5.10 Å². The summed E-state index contributed by atoms with van der Waals surface area (Å²) in [6, 6.07) is 1.48. The van der Waals surface area contributed by atoms with Crippen molar-refractivity contribution in [3.8, 4) is 0 Å². The van der Waals surface area contributed by atoms with Crippen LogP contribution >= 0.6 is 0 Å². The number of aliphatic hydroxyl groups is 1. The van der Waals surface area contributed by atoms with Gasteiger partial charge in [0.15, 0.2) is 0 Å². The lowest BCUT2D eigenvalue weighted by molar-refractivity contribution is 0.217. The Kier molecular flexibility index (Phi) is 3.64. The lowest BCUT2D eigenvalue weighted by Gasteiger charge is -2.09. The van der Waals surface area contributed by atoms with Gasteiger partial charge in [-0.05, 0) is 5.92 Å². The molecule has 5 heteroatoms. The standard InChI is InChI=1S/C9H15N3O2/c1-7(6-13)5-12-9(14)3-8(10-2)4-11-12/h3-4,7,10,13H,5-6H2,1-2H3. The van der Waals surface area contributed by atoms with Crippen LogP contribution in [-0.2, 0) is 6.54 Å². The van der Waals surface area contributed by atoms with Crippen LogP contribution in [0, 0.1) is 5.92 Å². The molecule has 5 nitrogen and oxygen atoms in total. The number of aliphatic hydroxyl groups excluding tert-OH is 1. The zero-order valence-electron chi connectivity index (χ0n) is 8.40. The summed E-state index contributed by atoms with van der Waals surface area (Å²) in [6.07, 6.45) is 1.59. The van der Waals surface area contributed by atoms with E-state index in [-0.39, 0.29) is 18.1 Å². The van der Waals surface area contributed by atoms with Crippen molar-refractivity contribution in [1.29, 1.82) is 0 Å². The van der Waals surface area contributed by atoms with Gasteiger partial charge in [0, 0.05) is 26.3 Å². The van der Waals surface area contributed by atoms with Crippen molar-refractivity contribution in [1.82, 2.24) is 9.78 Å². The minimum absolute atomic E-state index is 0.0423. The molecule has 1 rings (SSSR count). The highest BCUT2D eigenvalue weighted by molar-refractivity contribution is 5.37. The quantitative estimate of drug-likeness (QED) is 0.708. The predicted octanol–water partition coefficient (Wildman–Crippen LogP) is -0.0866. The van der Waals surface area contributed by atoms with E-state index in [1.54, 1.807) is 13.2 Å². The highest BCUT2D eigenvalue weighted by Gasteiger charge is 2.04. The first-order valence-electron chi connectivity index (χ1n) is 4.53. The summed E-state index contributed by atoms with van der Waals surface area (Å²) in [5.74, 6) is 0.0423. The summed E-state index contributed by atoms with van der Waals surface area (Å²) in [5.41, 5.74) is 0.542. The molecule has 0 saturated carbocycles. The fraction of sp³-hybridized carbons (Fsp3) is 0.556. The molecule has 2 N–H and O–H groups in total. The van der Waals surface area contributed by atoms with E-state index in [9.17, 15) is 4.79 Å². The van der Waals surface area contributed by atoms with Gasteiger partial charge >= 0.3 is 0 Å². The first-order chi connectivity index (χ1) is 6.67. The molecule has 14 heavy (non-hydrogen) atoms. The maximum atomic E-state index is 11.4. The van der Waals surface area contributed by atoms with E-state index in [2.05, 4.69) is 10.4 Å². The fourth-order valence-electron chi connectivity index (χ4n) is 1.06. The molecule has 1 atom stereocenters. The molecule has 0 bridgehead atoms. The summed E-state index contributed by atoms with van der Waals surface area (Å²) in [6.45, 7) is 2.36. The van der Waals surface area contributed by atoms with Gasteiger partial charge in [0.05, 0.1) is 11.9 Å². The third-order valence-electron chi connectivity index (χ3n) is 1.95. The van der Waals surface area contributed by atoms with Crippen LogP contribution in [0.1, 0.15) is 6.92 Å². The van der Waals surface area contributed by atoms with Gasteiger partial charge < -0.3 is 10.4 Å². The molecule has 0 aliphatic carbocycles. The van der Waals surface area contributed by atoms with E-state index in [0.717, 1.165) is 0 Å². The van der Waals surface area contributed by atoms with Crippen LogP contribution in [-0.4, -0.2) is 28.5 Å². The molecule has 78 valence electrons. The highest BCUT2D eigenvalue weighted by atomic mass is 16.3. The van der Waals surface area contributed by atoms with Gasteiger partial charge in [-0.3, -0.25) is 4.79 Å². The second-order valence-electron chi connectivity index (χ2n) is 3.30. The first kappa shape index (κ1) is 10.7. The van der Waals surface area contributed by atoms with Crippen LogP contribution in [0.3, 0.4) is 0 Å². The lowest BCUT2D eigenvalue weighted by atomic mass is 10.2. The number of hydrogen-bond donors (Lipinski definition) is 2. The molecule has 1 aromatic heterocycles. The molecule has 0 saturated heterocycles. The molecule has 0 spiro atoms. The third kappa shape index (κ3) is 2.56. The van der Waals surface area contributed by atoms with E-state index >= 15 is 0 Å². The van der Waals surface area contributed by atoms with Gasteiger partial charge in [0.25, 0.3) is 5.56 Å². The number of anilines is 1. The van der Waals surface area contributed by atoms with Crippen molar-refractivity contribution >= 4 is 5.69 Å². The summed E-state index contributed by atoms with van der Waals surface area (Å²) < 4.78 is 1.35. The molecule has 0 aromatic carbocycles. The van der Waals surface area contributed by atoms with Crippen molar-refractivity contribution in [3.63, 3.8) is 0 Å². The molecule has 0 radical (unpaired) electrons. The number of nitrogens with zero attached hydrogens (tertiary/aromatic N) is 2. The van der Waals surface area contributed by atoms with E-state index in [0.29, 0.717) is 12.2 Å². The van der Waals surface area contributed by atoms with Gasteiger partial charge in [-0.1, -0.05) is 6.92 Å². The maximum Gasteiger partial charge on any atom is 0.268 e. The topological polar surface area (TPSA) is 67.2 Å². The lowest BCUT2D eigenvalue weighted by Crippen LogP contribution is -2.26. The molecular weight excluding hydrogens is 182 g/mol. The van der Waals surface area contributed by atoms with Crippen LogP contribution in [0.25, 0.3) is 0 Å². The van der Waals surface area contributed by atoms with Gasteiger partial charge in [0.1, 0.15) is 0 Å². The summed E-state index contributed by atoms with van der Waals surface area (Å²) in [4.78, 5) is 11.4. The van der Waals surface area contributed by atoms with Crippen molar-refractivity contribution in [2.45, 2.75) is 13.5 Å². The van der Waals surface area contributed by atoms with Gasteiger partial charge in [0.2, 0.25) is 0 Å². The Labute approximate surface area is 82.4 Å². The molecule has 0 fully saturated rings. The Hall–Kier alpha value is -1.36. The maximum absolute atomic E-state index is 11.4.